The van der Waals surface area contributed by atoms with Crippen molar-refractivity contribution < 1.29 is 31.5 Å². The fourth-order valence-corrected chi connectivity index (χ4v) is 4.03. The molecule has 0 unspecified atom stereocenters. The Hall–Kier alpha value is -3.08. The zero-order valence-corrected chi connectivity index (χ0v) is 17.8. The molecule has 1 aliphatic rings. The summed E-state index contributed by atoms with van der Waals surface area (Å²) in [5.74, 6) is -5.97. The van der Waals surface area contributed by atoms with E-state index >= 15 is 0 Å². The molecule has 5 nitrogen and oxygen atoms in total. The first kappa shape index (κ1) is 22.1. The van der Waals surface area contributed by atoms with Gasteiger partial charge in [0.1, 0.15) is 0 Å². The number of anilines is 1. The van der Waals surface area contributed by atoms with E-state index in [4.69, 9.17) is 0 Å². The van der Waals surface area contributed by atoms with Gasteiger partial charge in [-0.25, -0.2) is 4.90 Å². The van der Waals surface area contributed by atoms with E-state index in [1.165, 1.54) is 6.07 Å². The molecule has 32 heavy (non-hydrogen) atoms. The van der Waals surface area contributed by atoms with Gasteiger partial charge in [0, 0.05) is 10.7 Å². The van der Waals surface area contributed by atoms with Gasteiger partial charge in [0.15, 0.2) is 0 Å². The van der Waals surface area contributed by atoms with Crippen molar-refractivity contribution in [3.05, 3.63) is 81.1 Å². The normalized spacial score (nSPS) is 14.3. The van der Waals surface area contributed by atoms with Gasteiger partial charge in [0.2, 0.25) is 0 Å². The van der Waals surface area contributed by atoms with Crippen LogP contribution in [0.5, 0.6) is 0 Å². The molecule has 0 spiro atoms. The van der Waals surface area contributed by atoms with Crippen molar-refractivity contribution in [1.29, 1.82) is 0 Å². The number of amides is 2. The Balaban J connectivity index is 1.59. The molecule has 4 rings (SSSR count). The van der Waals surface area contributed by atoms with Crippen molar-refractivity contribution in [2.75, 3.05) is 4.90 Å². The van der Waals surface area contributed by atoms with Crippen LogP contribution >= 0.6 is 15.9 Å². The van der Waals surface area contributed by atoms with Crippen molar-refractivity contribution in [2.24, 2.45) is 0 Å². The van der Waals surface area contributed by atoms with E-state index in [0.29, 0.717) is 33.7 Å². The number of halogens is 6. The number of hydrogen-bond acceptors (Lipinski definition) is 3. The topological polar surface area (TPSA) is 55.2 Å². The van der Waals surface area contributed by atoms with Crippen LogP contribution in [0.1, 0.15) is 37.4 Å². The molecule has 0 saturated carbocycles. The number of fused-ring (bicyclic) bond motifs is 1. The summed E-state index contributed by atoms with van der Waals surface area (Å²) in [6.45, 7) is 1.58. The zero-order chi connectivity index (χ0) is 23.4. The van der Waals surface area contributed by atoms with Crippen LogP contribution in [-0.2, 0) is 12.5 Å². The number of rotatable bonds is 4. The minimum atomic E-state index is -5.72. The summed E-state index contributed by atoms with van der Waals surface area (Å²) in [5, 5.41) is 3.59. The number of nitrogens with zero attached hydrogens (tertiary/aromatic N) is 3. The van der Waals surface area contributed by atoms with E-state index in [1.54, 1.807) is 37.3 Å². The highest BCUT2D eigenvalue weighted by Crippen LogP contribution is 2.43. The Kier molecular flexibility index (Phi) is 5.19. The van der Waals surface area contributed by atoms with Gasteiger partial charge in [-0.3, -0.25) is 14.3 Å². The molecule has 1 aromatic heterocycles. The SMILES string of the molecule is Cc1cc(Cn2cc(C(F)(F)C(F)(F)F)cn2)ccc1N1C(=O)c2cccc(Br)c2C1=O. The molecule has 0 N–H and O–H groups in total. The van der Waals surface area contributed by atoms with Crippen molar-refractivity contribution in [3.8, 4) is 0 Å². The monoisotopic (exact) mass is 513 g/mol. The van der Waals surface area contributed by atoms with Gasteiger partial charge in [-0.1, -0.05) is 18.2 Å². The van der Waals surface area contributed by atoms with Crippen LogP contribution in [0.15, 0.2) is 53.3 Å². The van der Waals surface area contributed by atoms with Crippen molar-refractivity contribution in [1.82, 2.24) is 9.78 Å². The number of carbonyl (C=O) groups excluding carboxylic acids is 2. The second-order valence-corrected chi connectivity index (χ2v) is 8.08. The molecule has 0 radical (unpaired) electrons. The van der Waals surface area contributed by atoms with Gasteiger partial charge in [-0.15, -0.1) is 0 Å². The zero-order valence-electron chi connectivity index (χ0n) is 16.3. The maximum absolute atomic E-state index is 13.5. The van der Waals surface area contributed by atoms with Crippen molar-refractivity contribution in [2.45, 2.75) is 25.6 Å². The van der Waals surface area contributed by atoms with E-state index in [0.717, 1.165) is 9.58 Å². The number of benzene rings is 2. The van der Waals surface area contributed by atoms with Crippen molar-refractivity contribution in [3.63, 3.8) is 0 Å². The lowest BCUT2D eigenvalue weighted by molar-refractivity contribution is -0.289. The van der Waals surface area contributed by atoms with E-state index in [9.17, 15) is 31.5 Å². The van der Waals surface area contributed by atoms with Gasteiger partial charge in [-0.2, -0.15) is 27.1 Å². The van der Waals surface area contributed by atoms with E-state index < -0.39 is 29.5 Å². The van der Waals surface area contributed by atoms with Crippen LogP contribution in [0.25, 0.3) is 0 Å². The predicted molar refractivity (Wildman–Crippen MR) is 108 cm³/mol. The average molecular weight is 514 g/mol. The Morgan fingerprint density at radius 1 is 1.03 bits per heavy atom. The Bertz CT molecular complexity index is 1250. The predicted octanol–water partition coefficient (Wildman–Crippen LogP) is 5.46. The summed E-state index contributed by atoms with van der Waals surface area (Å²) in [7, 11) is 0. The van der Waals surface area contributed by atoms with Gasteiger partial charge in [0.05, 0.1) is 35.1 Å². The highest BCUT2D eigenvalue weighted by Gasteiger charge is 2.59. The van der Waals surface area contributed by atoms with Crippen molar-refractivity contribution >= 4 is 33.4 Å². The first-order valence-electron chi connectivity index (χ1n) is 9.16. The molecule has 1 aliphatic heterocycles. The Morgan fingerprint density at radius 2 is 1.75 bits per heavy atom. The molecule has 0 atom stereocenters. The molecule has 2 aromatic carbocycles. The first-order chi connectivity index (χ1) is 14.9. The fourth-order valence-electron chi connectivity index (χ4n) is 3.49. The van der Waals surface area contributed by atoms with Crippen LogP contribution < -0.4 is 4.90 Å². The number of hydrogen-bond donors (Lipinski definition) is 0. The van der Waals surface area contributed by atoms with Gasteiger partial charge < -0.3 is 0 Å². The minimum Gasteiger partial charge on any atom is -0.268 e. The maximum Gasteiger partial charge on any atom is 0.458 e. The lowest BCUT2D eigenvalue weighted by Crippen LogP contribution is -2.33. The molecule has 0 aliphatic carbocycles. The largest absolute Gasteiger partial charge is 0.458 e. The van der Waals surface area contributed by atoms with Gasteiger partial charge in [-0.05, 0) is 52.2 Å². The smallest absolute Gasteiger partial charge is 0.268 e. The lowest BCUT2D eigenvalue weighted by atomic mass is 10.1. The van der Waals surface area contributed by atoms with Gasteiger partial charge in [0.25, 0.3) is 11.8 Å². The van der Waals surface area contributed by atoms with Crippen LogP contribution in [0, 0.1) is 6.92 Å². The fraction of sp³-hybridized carbons (Fsp3) is 0.190. The highest BCUT2D eigenvalue weighted by atomic mass is 79.9. The number of aromatic nitrogens is 2. The molecule has 11 heteroatoms. The summed E-state index contributed by atoms with van der Waals surface area (Å²) < 4.78 is 66.0. The summed E-state index contributed by atoms with van der Waals surface area (Å²) >= 11 is 3.28. The molecular formula is C21H13BrF5N3O2. The van der Waals surface area contributed by atoms with E-state index in [2.05, 4.69) is 21.0 Å². The second kappa shape index (κ2) is 7.51. The molecule has 0 bridgehead atoms. The first-order valence-corrected chi connectivity index (χ1v) is 9.95. The third-order valence-corrected chi connectivity index (χ3v) is 5.72. The summed E-state index contributed by atoms with van der Waals surface area (Å²) in [6, 6.07) is 9.53. The summed E-state index contributed by atoms with van der Waals surface area (Å²) in [6.07, 6.45) is -4.61. The number of carbonyl (C=O) groups is 2. The quantitative estimate of drug-likeness (QED) is 0.344. The van der Waals surface area contributed by atoms with Crippen LogP contribution in [0.4, 0.5) is 27.6 Å². The average Bonchev–Trinajstić information content (AvgIpc) is 3.26. The molecule has 2 heterocycles. The Labute approximate surface area is 186 Å². The molecule has 166 valence electrons. The van der Waals surface area contributed by atoms with Crippen LogP contribution in [0.2, 0.25) is 0 Å². The van der Waals surface area contributed by atoms with E-state index in [-0.39, 0.29) is 17.7 Å². The van der Waals surface area contributed by atoms with Gasteiger partial charge >= 0.3 is 12.1 Å². The summed E-state index contributed by atoms with van der Waals surface area (Å²) in [5.41, 5.74) is 0.694. The molecule has 2 amide bonds. The minimum absolute atomic E-state index is 0.0806. The molecule has 0 fully saturated rings. The number of aryl methyl sites for hydroxylation is 1. The highest BCUT2D eigenvalue weighted by molar-refractivity contribution is 9.10. The van der Waals surface area contributed by atoms with Crippen LogP contribution in [-0.4, -0.2) is 27.8 Å². The molecular weight excluding hydrogens is 501 g/mol. The third kappa shape index (κ3) is 3.50. The maximum atomic E-state index is 13.5. The number of alkyl halides is 5. The molecule has 0 saturated heterocycles. The van der Waals surface area contributed by atoms with Crippen LogP contribution in [0.3, 0.4) is 0 Å². The Morgan fingerprint density at radius 3 is 2.38 bits per heavy atom. The molecule has 3 aromatic rings. The van der Waals surface area contributed by atoms with E-state index in [1.807, 2.05) is 0 Å². The summed E-state index contributed by atoms with van der Waals surface area (Å²) in [4.78, 5) is 26.7. The third-order valence-electron chi connectivity index (χ3n) is 5.06. The number of imide groups is 1. The second-order valence-electron chi connectivity index (χ2n) is 7.23. The lowest BCUT2D eigenvalue weighted by Gasteiger charge is -2.18. The standard InChI is InChI=1S/C21H13BrF5N3O2/c1-11-7-12(9-29-10-13(8-28-29)20(23,24)21(25,26)27)5-6-16(11)30-18(31)14-3-2-4-15(22)17(14)19(30)32/h2-8,10H,9H2,1H3.